The standard InChI is InChI=1S/C13H15IN4O/c1-2-5-16-12-10(4-3-6-17-12)8-18-9-15-7-11(14)13(18)19/h3-4,6-7,9H,2,5,8H2,1H3,(H,16,17). The monoisotopic (exact) mass is 370 g/mol. The highest BCUT2D eigenvalue weighted by Crippen LogP contribution is 2.12. The second kappa shape index (κ2) is 6.65. The van der Waals surface area contributed by atoms with Crippen molar-refractivity contribution in [2.45, 2.75) is 19.9 Å². The van der Waals surface area contributed by atoms with Gasteiger partial charge in [-0.3, -0.25) is 9.36 Å². The van der Waals surface area contributed by atoms with E-state index >= 15 is 0 Å². The number of rotatable bonds is 5. The Balaban J connectivity index is 2.28. The first-order valence-electron chi connectivity index (χ1n) is 6.10. The lowest BCUT2D eigenvalue weighted by Crippen LogP contribution is -2.23. The highest BCUT2D eigenvalue weighted by Gasteiger charge is 2.06. The Morgan fingerprint density at radius 3 is 3.11 bits per heavy atom. The molecule has 0 aromatic carbocycles. The fourth-order valence-electron chi connectivity index (χ4n) is 1.69. The summed E-state index contributed by atoms with van der Waals surface area (Å²) in [7, 11) is 0. The summed E-state index contributed by atoms with van der Waals surface area (Å²) in [5.41, 5.74) is 0.961. The number of hydrogen-bond acceptors (Lipinski definition) is 4. The Morgan fingerprint density at radius 1 is 1.47 bits per heavy atom. The Kier molecular flexibility index (Phi) is 4.89. The quantitative estimate of drug-likeness (QED) is 0.820. The average molecular weight is 370 g/mol. The van der Waals surface area contributed by atoms with E-state index < -0.39 is 0 Å². The van der Waals surface area contributed by atoms with Gasteiger partial charge >= 0.3 is 0 Å². The van der Waals surface area contributed by atoms with E-state index in [1.165, 1.54) is 0 Å². The minimum absolute atomic E-state index is 0.0269. The molecule has 2 heterocycles. The van der Waals surface area contributed by atoms with Crippen LogP contribution in [0.25, 0.3) is 0 Å². The number of hydrogen-bond donors (Lipinski definition) is 1. The van der Waals surface area contributed by atoms with E-state index in [0.717, 1.165) is 24.3 Å². The van der Waals surface area contributed by atoms with Crippen molar-refractivity contribution < 1.29 is 0 Å². The summed E-state index contributed by atoms with van der Waals surface area (Å²) < 4.78 is 2.21. The highest BCUT2D eigenvalue weighted by atomic mass is 127. The Hall–Kier alpha value is -1.44. The summed E-state index contributed by atoms with van der Waals surface area (Å²) in [4.78, 5) is 20.3. The minimum atomic E-state index is -0.0269. The Bertz CT molecular complexity index is 612. The van der Waals surface area contributed by atoms with Gasteiger partial charge in [-0.2, -0.15) is 0 Å². The molecule has 0 saturated heterocycles. The van der Waals surface area contributed by atoms with Crippen molar-refractivity contribution in [3.8, 4) is 0 Å². The van der Waals surface area contributed by atoms with Crippen LogP contribution < -0.4 is 10.9 Å². The average Bonchev–Trinajstić information content (AvgIpc) is 2.43. The van der Waals surface area contributed by atoms with Crippen LogP contribution in [0.5, 0.6) is 0 Å². The summed E-state index contributed by atoms with van der Waals surface area (Å²) in [6.07, 6.45) is 5.90. The van der Waals surface area contributed by atoms with Crippen molar-refractivity contribution in [3.05, 3.63) is 50.3 Å². The molecule has 0 atom stereocenters. The van der Waals surface area contributed by atoms with E-state index in [2.05, 4.69) is 22.2 Å². The Morgan fingerprint density at radius 2 is 2.32 bits per heavy atom. The van der Waals surface area contributed by atoms with Crippen LogP contribution in [0.3, 0.4) is 0 Å². The molecule has 0 spiro atoms. The van der Waals surface area contributed by atoms with Crippen LogP contribution >= 0.6 is 22.6 Å². The molecule has 0 saturated carbocycles. The van der Waals surface area contributed by atoms with Gasteiger partial charge in [-0.1, -0.05) is 13.0 Å². The molecule has 0 amide bonds. The van der Waals surface area contributed by atoms with Gasteiger partial charge in [0.1, 0.15) is 5.82 Å². The van der Waals surface area contributed by atoms with E-state index in [4.69, 9.17) is 0 Å². The molecule has 0 aliphatic carbocycles. The minimum Gasteiger partial charge on any atom is -0.370 e. The molecule has 1 N–H and O–H groups in total. The molecule has 19 heavy (non-hydrogen) atoms. The third kappa shape index (κ3) is 3.52. The third-order valence-electron chi connectivity index (χ3n) is 2.63. The van der Waals surface area contributed by atoms with Gasteiger partial charge in [-0.05, 0) is 35.1 Å². The van der Waals surface area contributed by atoms with Crippen LogP contribution in [0.2, 0.25) is 0 Å². The van der Waals surface area contributed by atoms with Crippen LogP contribution in [-0.2, 0) is 6.54 Å². The van der Waals surface area contributed by atoms with E-state index in [9.17, 15) is 4.79 Å². The zero-order valence-electron chi connectivity index (χ0n) is 10.6. The molecule has 2 aromatic heterocycles. The lowest BCUT2D eigenvalue weighted by molar-refractivity contribution is 0.728. The zero-order chi connectivity index (χ0) is 13.7. The fourth-order valence-corrected chi connectivity index (χ4v) is 2.16. The van der Waals surface area contributed by atoms with E-state index in [0.29, 0.717) is 10.1 Å². The van der Waals surface area contributed by atoms with Gasteiger partial charge in [0, 0.05) is 24.5 Å². The predicted molar refractivity (Wildman–Crippen MR) is 83.3 cm³/mol. The molecule has 0 aliphatic heterocycles. The summed E-state index contributed by atoms with van der Waals surface area (Å²) in [6, 6.07) is 3.84. The molecular formula is C13H15IN4O. The fraction of sp³-hybridized carbons (Fsp3) is 0.308. The van der Waals surface area contributed by atoms with Crippen molar-refractivity contribution >= 4 is 28.4 Å². The summed E-state index contributed by atoms with van der Waals surface area (Å²) in [5, 5.41) is 3.27. The normalized spacial score (nSPS) is 10.4. The number of anilines is 1. The Labute approximate surface area is 125 Å². The number of nitrogens with one attached hydrogen (secondary N) is 1. The first-order chi connectivity index (χ1) is 9.22. The van der Waals surface area contributed by atoms with Gasteiger partial charge in [-0.25, -0.2) is 9.97 Å². The third-order valence-corrected chi connectivity index (χ3v) is 3.37. The lowest BCUT2D eigenvalue weighted by atomic mass is 10.2. The maximum absolute atomic E-state index is 12.0. The summed E-state index contributed by atoms with van der Waals surface area (Å²) >= 11 is 2.00. The molecule has 0 radical (unpaired) electrons. The van der Waals surface area contributed by atoms with Crippen LogP contribution in [0, 0.1) is 3.57 Å². The van der Waals surface area contributed by atoms with Crippen molar-refractivity contribution in [3.63, 3.8) is 0 Å². The second-order valence-corrected chi connectivity index (χ2v) is 5.27. The number of pyridine rings is 1. The van der Waals surface area contributed by atoms with E-state index in [-0.39, 0.29) is 5.56 Å². The van der Waals surface area contributed by atoms with Gasteiger partial charge in [0.15, 0.2) is 0 Å². The topological polar surface area (TPSA) is 59.8 Å². The number of halogens is 1. The van der Waals surface area contributed by atoms with Gasteiger partial charge in [-0.15, -0.1) is 0 Å². The molecule has 6 heteroatoms. The summed E-state index contributed by atoms with van der Waals surface area (Å²) in [5.74, 6) is 0.829. The van der Waals surface area contributed by atoms with Crippen LogP contribution in [0.15, 0.2) is 35.6 Å². The van der Waals surface area contributed by atoms with Gasteiger partial charge < -0.3 is 5.32 Å². The van der Waals surface area contributed by atoms with Crippen molar-refractivity contribution in [2.75, 3.05) is 11.9 Å². The van der Waals surface area contributed by atoms with E-state index in [1.54, 1.807) is 23.3 Å². The molecule has 0 fully saturated rings. The number of aromatic nitrogens is 3. The van der Waals surface area contributed by atoms with Gasteiger partial charge in [0.05, 0.1) is 16.4 Å². The molecule has 2 aromatic rings. The maximum atomic E-state index is 12.0. The van der Waals surface area contributed by atoms with Crippen molar-refractivity contribution in [1.29, 1.82) is 0 Å². The first-order valence-corrected chi connectivity index (χ1v) is 7.18. The van der Waals surface area contributed by atoms with Crippen LogP contribution in [0.1, 0.15) is 18.9 Å². The van der Waals surface area contributed by atoms with Gasteiger partial charge in [0.25, 0.3) is 5.56 Å². The lowest BCUT2D eigenvalue weighted by Gasteiger charge is -2.11. The van der Waals surface area contributed by atoms with Crippen LogP contribution in [0.4, 0.5) is 5.82 Å². The van der Waals surface area contributed by atoms with Crippen LogP contribution in [-0.4, -0.2) is 21.1 Å². The molecule has 5 nitrogen and oxygen atoms in total. The first kappa shape index (κ1) is 14.0. The largest absolute Gasteiger partial charge is 0.370 e. The second-order valence-electron chi connectivity index (χ2n) is 4.11. The molecule has 0 bridgehead atoms. The molecule has 0 aliphatic rings. The van der Waals surface area contributed by atoms with Crippen molar-refractivity contribution in [2.24, 2.45) is 0 Å². The summed E-state index contributed by atoms with van der Waals surface area (Å²) in [6.45, 7) is 3.44. The van der Waals surface area contributed by atoms with Gasteiger partial charge in [0.2, 0.25) is 0 Å². The predicted octanol–water partition coefficient (Wildman–Crippen LogP) is 2.11. The smallest absolute Gasteiger partial charge is 0.267 e. The molecule has 0 unspecified atom stereocenters. The molecular weight excluding hydrogens is 355 g/mol. The maximum Gasteiger partial charge on any atom is 0.267 e. The number of nitrogens with zero attached hydrogens (tertiary/aromatic N) is 3. The SMILES string of the molecule is CCCNc1ncccc1Cn1cncc(I)c1=O. The molecule has 100 valence electrons. The highest BCUT2D eigenvalue weighted by molar-refractivity contribution is 14.1. The van der Waals surface area contributed by atoms with Crippen molar-refractivity contribution in [1.82, 2.24) is 14.5 Å². The van der Waals surface area contributed by atoms with E-state index in [1.807, 2.05) is 34.7 Å². The molecule has 2 rings (SSSR count). The zero-order valence-corrected chi connectivity index (χ0v) is 12.8.